The maximum atomic E-state index is 11.8. The number of rotatable bonds is 14. The number of hydrogen-bond donors (Lipinski definition) is 4. The topological polar surface area (TPSA) is 88.3 Å². The standard InChI is InChI=1S/C18H32N4O/c19-10-6-13-20-11-4-5-12-21-14-7-15-22-18(23)16-17-8-2-1-3-9-17/h1-3,8-9,20-21H,4-7,10-16,19H2,(H,22,23)/p+2. The second kappa shape index (κ2) is 14.2. The van der Waals surface area contributed by atoms with Gasteiger partial charge in [0.1, 0.15) is 0 Å². The molecule has 0 atom stereocenters. The van der Waals surface area contributed by atoms with E-state index in [0.29, 0.717) is 6.42 Å². The Balaban J connectivity index is 1.83. The Kier molecular flexibility index (Phi) is 12.1. The quantitative estimate of drug-likeness (QED) is 0.331. The average Bonchev–Trinajstić information content (AvgIpc) is 2.57. The SMILES string of the molecule is NCCC[NH2+]CCCC[NH2+]CCCNC(=O)Cc1ccccc1. The van der Waals surface area contributed by atoms with E-state index in [0.717, 1.165) is 44.6 Å². The van der Waals surface area contributed by atoms with E-state index in [4.69, 9.17) is 5.73 Å². The molecule has 1 rings (SSSR count). The molecule has 130 valence electrons. The van der Waals surface area contributed by atoms with Gasteiger partial charge in [0.15, 0.2) is 0 Å². The normalized spacial score (nSPS) is 10.7. The van der Waals surface area contributed by atoms with Crippen LogP contribution >= 0.6 is 0 Å². The highest BCUT2D eigenvalue weighted by atomic mass is 16.1. The lowest BCUT2D eigenvalue weighted by molar-refractivity contribution is -0.664. The van der Waals surface area contributed by atoms with Crippen molar-refractivity contribution in [3.05, 3.63) is 35.9 Å². The van der Waals surface area contributed by atoms with Gasteiger partial charge in [0, 0.05) is 32.2 Å². The van der Waals surface area contributed by atoms with Gasteiger partial charge in [-0.05, 0) is 12.1 Å². The van der Waals surface area contributed by atoms with E-state index in [1.165, 1.54) is 25.9 Å². The van der Waals surface area contributed by atoms with E-state index in [-0.39, 0.29) is 5.91 Å². The van der Waals surface area contributed by atoms with Crippen molar-refractivity contribution in [3.63, 3.8) is 0 Å². The van der Waals surface area contributed by atoms with Crippen molar-refractivity contribution >= 4 is 5.91 Å². The number of carbonyl (C=O) groups excluding carboxylic acids is 1. The van der Waals surface area contributed by atoms with Crippen LogP contribution in [0.1, 0.15) is 31.2 Å². The van der Waals surface area contributed by atoms with Crippen LogP contribution in [0.5, 0.6) is 0 Å². The molecule has 1 aromatic rings. The molecule has 5 heteroatoms. The second-order valence-corrected chi connectivity index (χ2v) is 5.95. The summed E-state index contributed by atoms with van der Waals surface area (Å²) < 4.78 is 0. The third-order valence-corrected chi connectivity index (χ3v) is 3.79. The Bertz CT molecular complexity index is 397. The van der Waals surface area contributed by atoms with Gasteiger partial charge in [-0.1, -0.05) is 30.3 Å². The molecule has 0 unspecified atom stereocenters. The fourth-order valence-corrected chi connectivity index (χ4v) is 2.45. The summed E-state index contributed by atoms with van der Waals surface area (Å²) in [6.07, 6.45) is 5.16. The summed E-state index contributed by atoms with van der Waals surface area (Å²) in [6, 6.07) is 9.87. The van der Waals surface area contributed by atoms with Crippen LogP contribution in [-0.4, -0.2) is 45.2 Å². The number of nitrogens with two attached hydrogens (primary N) is 3. The van der Waals surface area contributed by atoms with Gasteiger partial charge in [-0.25, -0.2) is 0 Å². The van der Waals surface area contributed by atoms with E-state index >= 15 is 0 Å². The molecular formula is C18H34N4O+2. The first-order valence-electron chi connectivity index (χ1n) is 8.97. The molecule has 0 heterocycles. The Morgan fingerprint density at radius 2 is 1.52 bits per heavy atom. The molecule has 0 radical (unpaired) electrons. The second-order valence-electron chi connectivity index (χ2n) is 5.95. The molecule has 0 fully saturated rings. The predicted molar refractivity (Wildman–Crippen MR) is 94.0 cm³/mol. The minimum atomic E-state index is 0.115. The zero-order chi connectivity index (χ0) is 16.6. The summed E-state index contributed by atoms with van der Waals surface area (Å²) in [5.74, 6) is 0.115. The monoisotopic (exact) mass is 322 g/mol. The molecule has 1 amide bonds. The lowest BCUT2D eigenvalue weighted by atomic mass is 10.1. The number of unbranched alkanes of at least 4 members (excludes halogenated alkanes) is 1. The van der Waals surface area contributed by atoms with Crippen LogP contribution in [0.15, 0.2) is 30.3 Å². The van der Waals surface area contributed by atoms with Gasteiger partial charge in [0.05, 0.1) is 32.6 Å². The van der Waals surface area contributed by atoms with E-state index in [1.54, 1.807) is 0 Å². The van der Waals surface area contributed by atoms with Crippen molar-refractivity contribution in [2.45, 2.75) is 32.1 Å². The maximum Gasteiger partial charge on any atom is 0.224 e. The summed E-state index contributed by atoms with van der Waals surface area (Å²) in [6.45, 7) is 6.21. The number of benzene rings is 1. The molecule has 0 aliphatic rings. The van der Waals surface area contributed by atoms with Crippen molar-refractivity contribution in [3.8, 4) is 0 Å². The van der Waals surface area contributed by atoms with Gasteiger partial charge >= 0.3 is 0 Å². The predicted octanol–water partition coefficient (Wildman–Crippen LogP) is -1.01. The van der Waals surface area contributed by atoms with E-state index in [1.807, 2.05) is 30.3 Å². The molecule has 7 N–H and O–H groups in total. The van der Waals surface area contributed by atoms with Crippen molar-refractivity contribution in [2.75, 3.05) is 39.3 Å². The molecule has 5 nitrogen and oxygen atoms in total. The summed E-state index contributed by atoms with van der Waals surface area (Å²) in [5, 5.41) is 7.69. The van der Waals surface area contributed by atoms with Gasteiger partial charge in [0.2, 0.25) is 5.91 Å². The number of quaternary nitrogens is 2. The fraction of sp³-hybridized carbons (Fsp3) is 0.611. The van der Waals surface area contributed by atoms with Crippen molar-refractivity contribution in [1.82, 2.24) is 5.32 Å². The number of nitrogens with one attached hydrogen (secondary N) is 1. The highest BCUT2D eigenvalue weighted by Crippen LogP contribution is 1.98. The molecule has 0 saturated carbocycles. The molecule has 0 saturated heterocycles. The third-order valence-electron chi connectivity index (χ3n) is 3.79. The molecule has 0 aliphatic heterocycles. The minimum absolute atomic E-state index is 0.115. The highest BCUT2D eigenvalue weighted by molar-refractivity contribution is 5.78. The van der Waals surface area contributed by atoms with Crippen LogP contribution < -0.4 is 21.7 Å². The van der Waals surface area contributed by atoms with Crippen LogP contribution in [0.4, 0.5) is 0 Å². The first-order chi connectivity index (χ1) is 11.3. The number of hydrogen-bond acceptors (Lipinski definition) is 2. The molecule has 0 aromatic heterocycles. The number of amides is 1. The highest BCUT2D eigenvalue weighted by Gasteiger charge is 2.02. The van der Waals surface area contributed by atoms with Gasteiger partial charge < -0.3 is 21.7 Å². The summed E-state index contributed by atoms with van der Waals surface area (Å²) >= 11 is 0. The van der Waals surface area contributed by atoms with Gasteiger partial charge in [-0.2, -0.15) is 0 Å². The first-order valence-corrected chi connectivity index (χ1v) is 8.97. The van der Waals surface area contributed by atoms with Crippen LogP contribution in [0.2, 0.25) is 0 Å². The van der Waals surface area contributed by atoms with Gasteiger partial charge in [-0.3, -0.25) is 4.79 Å². The minimum Gasteiger partial charge on any atom is -0.356 e. The zero-order valence-electron chi connectivity index (χ0n) is 14.3. The van der Waals surface area contributed by atoms with Crippen LogP contribution in [0, 0.1) is 0 Å². The maximum absolute atomic E-state index is 11.8. The molecule has 0 aliphatic carbocycles. The molecular weight excluding hydrogens is 288 g/mol. The van der Waals surface area contributed by atoms with Crippen molar-refractivity contribution in [2.24, 2.45) is 5.73 Å². The summed E-state index contributed by atoms with van der Waals surface area (Å²) in [5.41, 5.74) is 6.52. The Morgan fingerprint density at radius 3 is 2.17 bits per heavy atom. The van der Waals surface area contributed by atoms with Crippen molar-refractivity contribution < 1.29 is 15.4 Å². The molecule has 23 heavy (non-hydrogen) atoms. The van der Waals surface area contributed by atoms with Crippen LogP contribution in [0.3, 0.4) is 0 Å². The lowest BCUT2D eigenvalue weighted by Gasteiger charge is -2.05. The molecule has 1 aromatic carbocycles. The smallest absolute Gasteiger partial charge is 0.224 e. The van der Waals surface area contributed by atoms with Gasteiger partial charge in [0.25, 0.3) is 0 Å². The molecule has 0 spiro atoms. The molecule has 0 bridgehead atoms. The van der Waals surface area contributed by atoms with E-state index in [9.17, 15) is 4.79 Å². The average molecular weight is 322 g/mol. The van der Waals surface area contributed by atoms with Crippen molar-refractivity contribution in [1.29, 1.82) is 0 Å². The Labute approximate surface area is 140 Å². The first kappa shape index (κ1) is 19.6. The lowest BCUT2D eigenvalue weighted by Crippen LogP contribution is -2.86. The summed E-state index contributed by atoms with van der Waals surface area (Å²) in [7, 11) is 0. The largest absolute Gasteiger partial charge is 0.356 e. The Hall–Kier alpha value is -1.43. The van der Waals surface area contributed by atoms with Crippen LogP contribution in [0.25, 0.3) is 0 Å². The number of carbonyl (C=O) groups is 1. The zero-order valence-corrected chi connectivity index (χ0v) is 14.3. The van der Waals surface area contributed by atoms with Gasteiger partial charge in [-0.15, -0.1) is 0 Å². The summed E-state index contributed by atoms with van der Waals surface area (Å²) in [4.78, 5) is 11.8. The Morgan fingerprint density at radius 1 is 0.913 bits per heavy atom. The van der Waals surface area contributed by atoms with E-state index < -0.39 is 0 Å². The third kappa shape index (κ3) is 11.8. The van der Waals surface area contributed by atoms with Crippen LogP contribution in [-0.2, 0) is 11.2 Å². The fourth-order valence-electron chi connectivity index (χ4n) is 2.45. The van der Waals surface area contributed by atoms with E-state index in [2.05, 4.69) is 16.0 Å².